The van der Waals surface area contributed by atoms with Gasteiger partial charge in [0, 0.05) is 18.7 Å². The number of nitrogens with zero attached hydrogens (tertiary/aromatic N) is 3. The summed E-state index contributed by atoms with van der Waals surface area (Å²) in [4.78, 5) is 12.2. The van der Waals surface area contributed by atoms with Gasteiger partial charge in [0.25, 0.3) is 0 Å². The number of amides is 1. The molecule has 0 radical (unpaired) electrons. The van der Waals surface area contributed by atoms with Gasteiger partial charge in [0.05, 0.1) is 11.6 Å². The monoisotopic (exact) mass is 328 g/mol. The van der Waals surface area contributed by atoms with Crippen molar-refractivity contribution < 1.29 is 9.18 Å². The Bertz CT molecular complexity index is 728. The minimum Gasteiger partial charge on any atom is -0.356 e. The molecule has 5 nitrogen and oxygen atoms in total. The van der Waals surface area contributed by atoms with E-state index in [1.165, 1.54) is 12.1 Å². The number of carbonyl (C=O) groups excluding carboxylic acids is 1. The zero-order valence-corrected chi connectivity index (χ0v) is 13.7. The van der Waals surface area contributed by atoms with Gasteiger partial charge in [-0.25, -0.2) is 4.39 Å². The molecule has 24 heavy (non-hydrogen) atoms. The summed E-state index contributed by atoms with van der Waals surface area (Å²) in [5.74, 6) is -0.161. The summed E-state index contributed by atoms with van der Waals surface area (Å²) < 4.78 is 14.7. The lowest BCUT2D eigenvalue weighted by Crippen LogP contribution is -2.38. The quantitative estimate of drug-likeness (QED) is 0.655. The molecular formula is C18H21FN4O. The number of carbonyl (C=O) groups is 1. The molecule has 1 heterocycles. The van der Waals surface area contributed by atoms with Crippen LogP contribution in [0.2, 0.25) is 0 Å². The molecule has 0 bridgehead atoms. The highest BCUT2D eigenvalue weighted by molar-refractivity contribution is 5.83. The fraction of sp³-hybridized carbons (Fsp3) is 0.389. The van der Waals surface area contributed by atoms with E-state index in [9.17, 15) is 9.18 Å². The van der Waals surface area contributed by atoms with Crippen LogP contribution in [0.1, 0.15) is 26.2 Å². The van der Waals surface area contributed by atoms with Crippen molar-refractivity contribution >= 4 is 5.91 Å². The third kappa shape index (κ3) is 3.69. The molecule has 0 aliphatic heterocycles. The molecule has 2 aromatic rings. The number of aromatic nitrogens is 3. The second-order valence-corrected chi connectivity index (χ2v) is 6.42. The molecule has 1 aromatic carbocycles. The first kappa shape index (κ1) is 16.4. The summed E-state index contributed by atoms with van der Waals surface area (Å²) in [6.45, 7) is 3.28. The number of benzene rings is 1. The topological polar surface area (TPSA) is 59.8 Å². The molecule has 0 saturated carbocycles. The van der Waals surface area contributed by atoms with Gasteiger partial charge in [-0.05, 0) is 43.5 Å². The summed E-state index contributed by atoms with van der Waals surface area (Å²) in [5, 5.41) is 11.2. The maximum atomic E-state index is 12.9. The smallest absolute Gasteiger partial charge is 0.226 e. The highest BCUT2D eigenvalue weighted by Gasteiger charge is 2.33. The Balaban J connectivity index is 1.46. The van der Waals surface area contributed by atoms with Crippen LogP contribution in [0.15, 0.2) is 42.6 Å². The van der Waals surface area contributed by atoms with Crippen LogP contribution in [-0.2, 0) is 11.3 Å². The molecule has 0 atom stereocenters. The van der Waals surface area contributed by atoms with Gasteiger partial charge >= 0.3 is 0 Å². The van der Waals surface area contributed by atoms with E-state index >= 15 is 0 Å². The number of nitrogens with one attached hydrogen (secondary N) is 1. The zero-order valence-electron chi connectivity index (χ0n) is 13.7. The molecule has 1 aliphatic carbocycles. The number of halogens is 1. The summed E-state index contributed by atoms with van der Waals surface area (Å²) in [5.41, 5.74) is 1.25. The fourth-order valence-corrected chi connectivity index (χ4v) is 2.77. The van der Waals surface area contributed by atoms with Gasteiger partial charge in [-0.2, -0.15) is 0 Å². The van der Waals surface area contributed by atoms with Gasteiger partial charge in [0.15, 0.2) is 0 Å². The lowest BCUT2D eigenvalue weighted by Gasteiger charge is -2.22. The van der Waals surface area contributed by atoms with E-state index in [4.69, 9.17) is 0 Å². The van der Waals surface area contributed by atoms with Gasteiger partial charge in [0.1, 0.15) is 11.5 Å². The molecule has 0 unspecified atom stereocenters. The molecule has 1 N–H and O–H groups in total. The first-order valence-corrected chi connectivity index (χ1v) is 8.16. The maximum absolute atomic E-state index is 12.9. The molecule has 0 spiro atoms. The zero-order chi connectivity index (χ0) is 17.0. The highest BCUT2D eigenvalue weighted by atomic mass is 19.1. The Morgan fingerprint density at radius 2 is 2.00 bits per heavy atom. The fourth-order valence-electron chi connectivity index (χ4n) is 2.77. The molecule has 6 heteroatoms. The molecule has 0 saturated heterocycles. The van der Waals surface area contributed by atoms with E-state index in [0.717, 1.165) is 24.8 Å². The third-order valence-corrected chi connectivity index (χ3v) is 4.38. The number of aryl methyl sites for hydroxylation is 1. The van der Waals surface area contributed by atoms with Crippen LogP contribution in [0.25, 0.3) is 11.3 Å². The van der Waals surface area contributed by atoms with Crippen LogP contribution in [0.3, 0.4) is 0 Å². The predicted octanol–water partition coefficient (Wildman–Crippen LogP) is 2.95. The lowest BCUT2D eigenvalue weighted by molar-refractivity contribution is -0.129. The third-order valence-electron chi connectivity index (χ3n) is 4.38. The van der Waals surface area contributed by atoms with E-state index in [0.29, 0.717) is 18.8 Å². The van der Waals surface area contributed by atoms with Crippen molar-refractivity contribution in [2.45, 2.75) is 32.7 Å². The van der Waals surface area contributed by atoms with E-state index in [-0.39, 0.29) is 17.1 Å². The average molecular weight is 328 g/mol. The summed E-state index contributed by atoms with van der Waals surface area (Å²) in [6, 6.07) is 6.17. The molecule has 1 aromatic heterocycles. The van der Waals surface area contributed by atoms with E-state index < -0.39 is 0 Å². The van der Waals surface area contributed by atoms with Gasteiger partial charge in [0.2, 0.25) is 5.91 Å². The Morgan fingerprint density at radius 3 is 2.71 bits per heavy atom. The molecular weight excluding hydrogens is 307 g/mol. The number of hydrogen-bond acceptors (Lipinski definition) is 3. The highest BCUT2D eigenvalue weighted by Crippen LogP contribution is 2.32. The van der Waals surface area contributed by atoms with E-state index in [1.807, 2.05) is 13.1 Å². The predicted molar refractivity (Wildman–Crippen MR) is 89.5 cm³/mol. The minimum absolute atomic E-state index is 0.109. The van der Waals surface area contributed by atoms with Crippen LogP contribution in [0, 0.1) is 11.2 Å². The van der Waals surface area contributed by atoms with Crippen molar-refractivity contribution in [2.24, 2.45) is 5.41 Å². The standard InChI is InChI=1S/C18H21FN4O/c1-18(9-2-3-10-18)17(24)20-11-4-12-23-13-16(21-22-23)14-5-7-15(19)8-6-14/h2-3,5-8,13H,4,9-12H2,1H3,(H,20,24). The Morgan fingerprint density at radius 1 is 1.29 bits per heavy atom. The Kier molecular flexibility index (Phi) is 4.74. The van der Waals surface area contributed by atoms with Gasteiger partial charge in [-0.1, -0.05) is 24.3 Å². The van der Waals surface area contributed by atoms with Crippen molar-refractivity contribution in [2.75, 3.05) is 6.54 Å². The van der Waals surface area contributed by atoms with E-state index in [2.05, 4.69) is 27.8 Å². The van der Waals surface area contributed by atoms with Crippen LogP contribution < -0.4 is 5.32 Å². The first-order valence-electron chi connectivity index (χ1n) is 8.16. The second-order valence-electron chi connectivity index (χ2n) is 6.42. The van der Waals surface area contributed by atoms with Crippen LogP contribution >= 0.6 is 0 Å². The van der Waals surface area contributed by atoms with Crippen LogP contribution in [-0.4, -0.2) is 27.4 Å². The van der Waals surface area contributed by atoms with Crippen molar-refractivity contribution in [1.82, 2.24) is 20.3 Å². The first-order chi connectivity index (χ1) is 11.6. The summed E-state index contributed by atoms with van der Waals surface area (Å²) in [7, 11) is 0. The maximum Gasteiger partial charge on any atom is 0.226 e. The molecule has 0 fully saturated rings. The number of rotatable bonds is 6. The summed E-state index contributed by atoms with van der Waals surface area (Å²) in [6.07, 6.45) is 8.35. The summed E-state index contributed by atoms with van der Waals surface area (Å²) >= 11 is 0. The van der Waals surface area contributed by atoms with Crippen molar-refractivity contribution in [3.8, 4) is 11.3 Å². The number of hydrogen-bond donors (Lipinski definition) is 1. The lowest BCUT2D eigenvalue weighted by atomic mass is 9.87. The molecule has 3 rings (SSSR count). The van der Waals surface area contributed by atoms with Gasteiger partial charge < -0.3 is 5.32 Å². The van der Waals surface area contributed by atoms with Crippen molar-refractivity contribution in [1.29, 1.82) is 0 Å². The van der Waals surface area contributed by atoms with Crippen molar-refractivity contribution in [3.05, 3.63) is 48.4 Å². The van der Waals surface area contributed by atoms with Crippen LogP contribution in [0.4, 0.5) is 4.39 Å². The Hall–Kier alpha value is -2.50. The largest absolute Gasteiger partial charge is 0.356 e. The Labute approximate surface area is 140 Å². The normalized spacial score (nSPS) is 15.6. The molecule has 1 aliphatic rings. The molecule has 126 valence electrons. The SMILES string of the molecule is CC1(C(=O)NCCCn2cc(-c3ccc(F)cc3)nn2)CC=CC1. The van der Waals surface area contributed by atoms with Crippen molar-refractivity contribution in [3.63, 3.8) is 0 Å². The van der Waals surface area contributed by atoms with E-state index in [1.54, 1.807) is 16.8 Å². The van der Waals surface area contributed by atoms with Gasteiger partial charge in [-0.3, -0.25) is 9.48 Å². The molecule has 1 amide bonds. The number of allylic oxidation sites excluding steroid dienone is 2. The minimum atomic E-state index is -0.289. The average Bonchev–Trinajstić information content (AvgIpc) is 3.22. The second kappa shape index (κ2) is 6.95. The van der Waals surface area contributed by atoms with Crippen LogP contribution in [0.5, 0.6) is 0 Å². The van der Waals surface area contributed by atoms with Gasteiger partial charge in [-0.15, -0.1) is 5.10 Å².